The monoisotopic (exact) mass is 386 g/mol. The molecule has 0 unspecified atom stereocenters. The second kappa shape index (κ2) is 7.44. The minimum absolute atomic E-state index is 0.267. The summed E-state index contributed by atoms with van der Waals surface area (Å²) in [6.07, 6.45) is 3.97. The summed E-state index contributed by atoms with van der Waals surface area (Å²) in [4.78, 5) is 0. The third-order valence-electron chi connectivity index (χ3n) is 6.74. The van der Waals surface area contributed by atoms with Gasteiger partial charge in [0.25, 0.3) is 0 Å². The molecule has 1 heterocycles. The largest absolute Gasteiger partial charge is 0.212 e. The molecule has 2 aliphatic carbocycles. The highest BCUT2D eigenvalue weighted by Gasteiger charge is 2.35. The minimum Gasteiger partial charge on any atom is -0.200 e. The molecule has 1 spiro atoms. The van der Waals surface area contributed by atoms with Crippen LogP contribution in [0, 0.1) is 12.3 Å². The van der Waals surface area contributed by atoms with Gasteiger partial charge in [0.15, 0.2) is 6.20 Å². The number of hydrogen-bond acceptors (Lipinski definition) is 0. The number of rotatable bonds is 2. The predicted octanol–water partition coefficient (Wildman–Crippen LogP) is 6.59. The summed E-state index contributed by atoms with van der Waals surface area (Å²) in [6.45, 7) is 2.11. The van der Waals surface area contributed by atoms with Gasteiger partial charge in [-0.2, -0.15) is 0 Å². The van der Waals surface area contributed by atoms with E-state index < -0.39 is 18.2 Å². The fraction of sp³-hybridized carbons (Fsp3) is 0.393. The quantitative estimate of drug-likeness (QED) is 0.437. The highest BCUT2D eigenvalue weighted by molar-refractivity contribution is 5.67. The van der Waals surface area contributed by atoms with Crippen LogP contribution in [0.3, 0.4) is 0 Å². The molecule has 3 aromatic rings. The number of benzene rings is 2. The topological polar surface area (TPSA) is 3.88 Å². The van der Waals surface area contributed by atoms with E-state index in [0.29, 0.717) is 11.1 Å². The van der Waals surface area contributed by atoms with E-state index in [1.54, 1.807) is 0 Å². The van der Waals surface area contributed by atoms with Gasteiger partial charge in [0, 0.05) is 22.7 Å². The zero-order valence-corrected chi connectivity index (χ0v) is 17.5. The first-order valence-corrected chi connectivity index (χ1v) is 10.9. The van der Waals surface area contributed by atoms with Crippen molar-refractivity contribution in [1.82, 2.24) is 0 Å². The van der Waals surface area contributed by atoms with Crippen LogP contribution in [0.25, 0.3) is 22.4 Å². The van der Waals surface area contributed by atoms with Crippen molar-refractivity contribution in [3.8, 4) is 22.4 Å². The number of pyridine rings is 1. The van der Waals surface area contributed by atoms with Crippen LogP contribution >= 0.6 is 0 Å². The SMILES string of the molecule is [2H]C1([2H])CC2(CCCCC2)C([2H])([2H])c2ccc(-c3ccc(-c4ccccc4C)[n+](C)c3)cc21. The molecular weight excluding hydrogens is 350 g/mol. The Balaban J connectivity index is 1.57. The maximum Gasteiger partial charge on any atom is 0.212 e. The summed E-state index contributed by atoms with van der Waals surface area (Å²) in [7, 11) is 2.04. The molecule has 1 heteroatoms. The summed E-state index contributed by atoms with van der Waals surface area (Å²) >= 11 is 0. The van der Waals surface area contributed by atoms with Crippen molar-refractivity contribution in [2.45, 2.75) is 58.2 Å². The van der Waals surface area contributed by atoms with Crippen molar-refractivity contribution in [2.24, 2.45) is 12.5 Å². The lowest BCUT2D eigenvalue weighted by molar-refractivity contribution is -0.659. The van der Waals surface area contributed by atoms with Gasteiger partial charge in [-0.15, -0.1) is 0 Å². The first-order chi connectivity index (χ1) is 15.6. The van der Waals surface area contributed by atoms with E-state index in [0.717, 1.165) is 48.9 Å². The van der Waals surface area contributed by atoms with E-state index >= 15 is 0 Å². The molecule has 0 radical (unpaired) electrons. The lowest BCUT2D eigenvalue weighted by Gasteiger charge is -2.41. The standard InChI is InChI=1S/C28H32N/c1-21-8-4-5-9-26(21)27-13-12-25(20-29(27)2)22-10-11-24-19-28(15-6-3-7-16-28)17-14-23(24)18-22/h4-5,8-13,18,20H,3,6-7,14-17,19H2,1-2H3/q+1/i14D2,19D2. The first kappa shape index (κ1) is 14.6. The van der Waals surface area contributed by atoms with Gasteiger partial charge in [-0.25, -0.2) is 4.57 Å². The number of aryl methyl sites for hydroxylation is 3. The van der Waals surface area contributed by atoms with E-state index in [2.05, 4.69) is 48.0 Å². The van der Waals surface area contributed by atoms with Gasteiger partial charge < -0.3 is 0 Å². The number of hydrogen-bond donors (Lipinski definition) is 0. The molecule has 0 N–H and O–H groups in total. The van der Waals surface area contributed by atoms with E-state index in [-0.39, 0.29) is 6.42 Å². The van der Waals surface area contributed by atoms with Crippen molar-refractivity contribution in [1.29, 1.82) is 0 Å². The third kappa shape index (κ3) is 3.52. The van der Waals surface area contributed by atoms with Crippen LogP contribution in [0.1, 0.15) is 60.7 Å². The molecule has 5 rings (SSSR count). The van der Waals surface area contributed by atoms with Crippen LogP contribution in [0.5, 0.6) is 0 Å². The molecular formula is C28H32N+. The first-order valence-electron chi connectivity index (χ1n) is 12.9. The molecule has 1 saturated carbocycles. The van der Waals surface area contributed by atoms with Crippen LogP contribution in [-0.4, -0.2) is 0 Å². The van der Waals surface area contributed by atoms with Crippen LogP contribution < -0.4 is 4.57 Å². The fourth-order valence-electron chi connectivity index (χ4n) is 5.02. The second-order valence-electron chi connectivity index (χ2n) is 8.81. The fourth-order valence-corrected chi connectivity index (χ4v) is 5.02. The molecule has 2 aliphatic rings. The summed E-state index contributed by atoms with van der Waals surface area (Å²) in [5.74, 6) is 0. The molecule has 0 atom stereocenters. The lowest BCUT2D eigenvalue weighted by Crippen LogP contribution is -2.31. The highest BCUT2D eigenvalue weighted by atomic mass is 14.9. The Morgan fingerprint density at radius 2 is 1.66 bits per heavy atom. The average molecular weight is 387 g/mol. The molecule has 1 aromatic heterocycles. The molecule has 0 aliphatic heterocycles. The molecule has 148 valence electrons. The summed E-state index contributed by atoms with van der Waals surface area (Å²) in [5, 5.41) is 0. The van der Waals surface area contributed by atoms with Crippen molar-refractivity contribution >= 4 is 0 Å². The molecule has 0 saturated heterocycles. The van der Waals surface area contributed by atoms with Crippen molar-refractivity contribution in [2.75, 3.05) is 0 Å². The summed E-state index contributed by atoms with van der Waals surface area (Å²) in [6, 6.07) is 18.2. The van der Waals surface area contributed by atoms with Gasteiger partial charge in [0.2, 0.25) is 5.69 Å². The average Bonchev–Trinajstić information content (AvgIpc) is 2.79. The molecule has 2 aromatic carbocycles. The Kier molecular flexibility index (Phi) is 3.74. The van der Waals surface area contributed by atoms with Gasteiger partial charge in [-0.3, -0.25) is 0 Å². The number of aromatic nitrogens is 1. The van der Waals surface area contributed by atoms with Crippen LogP contribution in [0.15, 0.2) is 60.8 Å². The van der Waals surface area contributed by atoms with E-state index in [1.165, 1.54) is 11.1 Å². The maximum absolute atomic E-state index is 9.08. The van der Waals surface area contributed by atoms with Gasteiger partial charge in [0.1, 0.15) is 7.05 Å². The Morgan fingerprint density at radius 3 is 2.45 bits per heavy atom. The van der Waals surface area contributed by atoms with Gasteiger partial charge >= 0.3 is 0 Å². The van der Waals surface area contributed by atoms with Crippen LogP contribution in [0.4, 0.5) is 0 Å². The van der Waals surface area contributed by atoms with Gasteiger partial charge in [-0.05, 0) is 78.7 Å². The Bertz CT molecular complexity index is 1210. The van der Waals surface area contributed by atoms with Crippen LogP contribution in [0.2, 0.25) is 0 Å². The van der Waals surface area contributed by atoms with Crippen molar-refractivity contribution < 1.29 is 10.1 Å². The van der Waals surface area contributed by atoms with E-state index in [4.69, 9.17) is 5.48 Å². The normalized spacial score (nSPS) is 23.4. The number of fused-ring (bicyclic) bond motifs is 1. The van der Waals surface area contributed by atoms with Gasteiger partial charge in [0.05, 0.1) is 0 Å². The van der Waals surface area contributed by atoms with Crippen molar-refractivity contribution in [3.05, 3.63) is 77.5 Å². The number of nitrogens with zero attached hydrogens (tertiary/aromatic N) is 1. The Hall–Kier alpha value is -2.41. The summed E-state index contributed by atoms with van der Waals surface area (Å²) in [5.41, 5.74) is 5.95. The molecule has 0 amide bonds. The second-order valence-corrected chi connectivity index (χ2v) is 8.81. The van der Waals surface area contributed by atoms with Crippen LogP contribution in [-0.2, 0) is 19.8 Å². The maximum atomic E-state index is 9.08. The van der Waals surface area contributed by atoms with E-state index in [9.17, 15) is 0 Å². The molecule has 0 bridgehead atoms. The summed E-state index contributed by atoms with van der Waals surface area (Å²) < 4.78 is 38.1. The Morgan fingerprint density at radius 1 is 0.862 bits per heavy atom. The van der Waals surface area contributed by atoms with Crippen molar-refractivity contribution in [3.63, 3.8) is 0 Å². The third-order valence-corrected chi connectivity index (χ3v) is 6.74. The van der Waals surface area contributed by atoms with E-state index in [1.807, 2.05) is 31.3 Å². The smallest absolute Gasteiger partial charge is 0.200 e. The molecule has 29 heavy (non-hydrogen) atoms. The zero-order valence-electron chi connectivity index (χ0n) is 21.5. The molecule has 1 fully saturated rings. The zero-order chi connectivity index (χ0) is 23.4. The highest BCUT2D eigenvalue weighted by Crippen LogP contribution is 2.46. The Labute approximate surface area is 181 Å². The predicted molar refractivity (Wildman–Crippen MR) is 121 cm³/mol. The van der Waals surface area contributed by atoms with Gasteiger partial charge in [-0.1, -0.05) is 55.7 Å². The minimum atomic E-state index is -1.53. The molecule has 1 nitrogen and oxygen atoms in total. The lowest BCUT2D eigenvalue weighted by atomic mass is 9.64.